The van der Waals surface area contributed by atoms with Crippen molar-refractivity contribution in [2.24, 2.45) is 0 Å². The standard InChI is InChI=1S/C11H14O2/c1-8-6-9(12-3)4-5-10(8)11(2)7-13-11/h4-6H,7H2,1-3H3. The largest absolute Gasteiger partial charge is 0.497 e. The van der Waals surface area contributed by atoms with Gasteiger partial charge in [-0.2, -0.15) is 0 Å². The second kappa shape index (κ2) is 2.74. The maximum absolute atomic E-state index is 5.40. The van der Waals surface area contributed by atoms with Gasteiger partial charge in [0, 0.05) is 0 Å². The minimum atomic E-state index is -0.0314. The van der Waals surface area contributed by atoms with E-state index in [4.69, 9.17) is 9.47 Å². The summed E-state index contributed by atoms with van der Waals surface area (Å²) >= 11 is 0. The van der Waals surface area contributed by atoms with E-state index in [9.17, 15) is 0 Å². The molecule has 2 heteroatoms. The maximum Gasteiger partial charge on any atom is 0.119 e. The zero-order valence-electron chi connectivity index (χ0n) is 8.26. The molecule has 1 aliphatic rings. The molecule has 1 heterocycles. The first-order valence-corrected chi connectivity index (χ1v) is 4.45. The molecule has 0 saturated carbocycles. The van der Waals surface area contributed by atoms with Crippen LogP contribution in [0.5, 0.6) is 5.75 Å². The molecule has 0 radical (unpaired) electrons. The van der Waals surface area contributed by atoms with Gasteiger partial charge in [-0.05, 0) is 37.1 Å². The summed E-state index contributed by atoms with van der Waals surface area (Å²) < 4.78 is 10.5. The Morgan fingerprint density at radius 2 is 2.15 bits per heavy atom. The molecular formula is C11H14O2. The molecular weight excluding hydrogens is 164 g/mol. The molecule has 1 aliphatic heterocycles. The molecule has 1 atom stereocenters. The lowest BCUT2D eigenvalue weighted by molar-refractivity contribution is 0.328. The number of epoxide rings is 1. The first-order valence-electron chi connectivity index (χ1n) is 4.45. The van der Waals surface area contributed by atoms with Crippen LogP contribution in [-0.4, -0.2) is 13.7 Å². The van der Waals surface area contributed by atoms with E-state index in [0.717, 1.165) is 12.4 Å². The van der Waals surface area contributed by atoms with Gasteiger partial charge in [0.15, 0.2) is 0 Å². The molecule has 0 amide bonds. The molecule has 0 aliphatic carbocycles. The Morgan fingerprint density at radius 1 is 1.46 bits per heavy atom. The zero-order valence-corrected chi connectivity index (χ0v) is 8.26. The summed E-state index contributed by atoms with van der Waals surface area (Å²) in [4.78, 5) is 0. The van der Waals surface area contributed by atoms with Crippen molar-refractivity contribution in [3.05, 3.63) is 29.3 Å². The van der Waals surface area contributed by atoms with Crippen molar-refractivity contribution in [1.82, 2.24) is 0 Å². The Labute approximate surface area is 78.5 Å². The zero-order chi connectivity index (χ0) is 9.47. The third-order valence-corrected chi connectivity index (χ3v) is 2.58. The molecule has 2 nitrogen and oxygen atoms in total. The lowest BCUT2D eigenvalue weighted by Crippen LogP contribution is -2.04. The van der Waals surface area contributed by atoms with Crippen LogP contribution in [0.15, 0.2) is 18.2 Å². The molecule has 0 aromatic heterocycles. The third kappa shape index (κ3) is 1.42. The number of benzene rings is 1. The van der Waals surface area contributed by atoms with Gasteiger partial charge < -0.3 is 9.47 Å². The van der Waals surface area contributed by atoms with Gasteiger partial charge in [-0.1, -0.05) is 6.07 Å². The molecule has 1 unspecified atom stereocenters. The van der Waals surface area contributed by atoms with E-state index in [-0.39, 0.29) is 5.60 Å². The highest BCUT2D eigenvalue weighted by Crippen LogP contribution is 2.40. The monoisotopic (exact) mass is 178 g/mol. The highest BCUT2D eigenvalue weighted by molar-refractivity contribution is 5.39. The smallest absolute Gasteiger partial charge is 0.119 e. The van der Waals surface area contributed by atoms with E-state index in [1.165, 1.54) is 11.1 Å². The summed E-state index contributed by atoms with van der Waals surface area (Å²) in [5.74, 6) is 0.908. The first kappa shape index (κ1) is 8.57. The van der Waals surface area contributed by atoms with Crippen molar-refractivity contribution >= 4 is 0 Å². The van der Waals surface area contributed by atoms with Crippen LogP contribution in [0.3, 0.4) is 0 Å². The average molecular weight is 178 g/mol. The number of aryl methyl sites for hydroxylation is 1. The summed E-state index contributed by atoms with van der Waals surface area (Å²) in [5.41, 5.74) is 2.48. The van der Waals surface area contributed by atoms with Gasteiger partial charge in [0.25, 0.3) is 0 Å². The van der Waals surface area contributed by atoms with Crippen LogP contribution >= 0.6 is 0 Å². The van der Waals surface area contributed by atoms with Crippen LogP contribution in [0.25, 0.3) is 0 Å². The minimum absolute atomic E-state index is 0.0314. The number of ether oxygens (including phenoxy) is 2. The van der Waals surface area contributed by atoms with Crippen LogP contribution in [0.4, 0.5) is 0 Å². The highest BCUT2D eigenvalue weighted by atomic mass is 16.6. The summed E-state index contributed by atoms with van der Waals surface area (Å²) in [7, 11) is 1.68. The first-order chi connectivity index (χ1) is 6.15. The van der Waals surface area contributed by atoms with E-state index in [1.807, 2.05) is 12.1 Å². The van der Waals surface area contributed by atoms with Gasteiger partial charge in [0.1, 0.15) is 11.4 Å². The normalized spacial score (nSPS) is 25.8. The van der Waals surface area contributed by atoms with Crippen LogP contribution in [-0.2, 0) is 10.3 Å². The highest BCUT2D eigenvalue weighted by Gasteiger charge is 2.42. The molecule has 2 rings (SSSR count). The Hall–Kier alpha value is -1.02. The van der Waals surface area contributed by atoms with Crippen molar-refractivity contribution in [3.8, 4) is 5.75 Å². The van der Waals surface area contributed by atoms with Crippen LogP contribution in [0, 0.1) is 6.92 Å². The molecule has 1 aromatic carbocycles. The van der Waals surface area contributed by atoms with E-state index in [1.54, 1.807) is 7.11 Å². The fourth-order valence-corrected chi connectivity index (χ4v) is 1.62. The van der Waals surface area contributed by atoms with E-state index in [2.05, 4.69) is 19.9 Å². The molecule has 0 spiro atoms. The van der Waals surface area contributed by atoms with Gasteiger partial charge in [-0.25, -0.2) is 0 Å². The third-order valence-electron chi connectivity index (χ3n) is 2.58. The van der Waals surface area contributed by atoms with Gasteiger partial charge in [-0.15, -0.1) is 0 Å². The Kier molecular flexibility index (Phi) is 1.81. The second-order valence-corrected chi connectivity index (χ2v) is 3.70. The molecule has 13 heavy (non-hydrogen) atoms. The van der Waals surface area contributed by atoms with Crippen molar-refractivity contribution < 1.29 is 9.47 Å². The van der Waals surface area contributed by atoms with Crippen molar-refractivity contribution in [2.45, 2.75) is 19.4 Å². The summed E-state index contributed by atoms with van der Waals surface area (Å²) in [6.45, 7) is 5.03. The van der Waals surface area contributed by atoms with Crippen LogP contribution in [0.2, 0.25) is 0 Å². The molecule has 1 aromatic rings. The average Bonchev–Trinajstić information content (AvgIpc) is 2.84. The minimum Gasteiger partial charge on any atom is -0.497 e. The van der Waals surface area contributed by atoms with Crippen LogP contribution in [0.1, 0.15) is 18.1 Å². The van der Waals surface area contributed by atoms with Gasteiger partial charge in [0.05, 0.1) is 13.7 Å². The number of hydrogen-bond acceptors (Lipinski definition) is 2. The van der Waals surface area contributed by atoms with Crippen molar-refractivity contribution in [3.63, 3.8) is 0 Å². The predicted molar refractivity (Wildman–Crippen MR) is 51.0 cm³/mol. The van der Waals surface area contributed by atoms with Crippen molar-refractivity contribution in [1.29, 1.82) is 0 Å². The maximum atomic E-state index is 5.40. The molecule has 1 fully saturated rings. The number of hydrogen-bond donors (Lipinski definition) is 0. The number of rotatable bonds is 2. The lowest BCUT2D eigenvalue weighted by atomic mass is 9.97. The van der Waals surface area contributed by atoms with Gasteiger partial charge in [-0.3, -0.25) is 0 Å². The number of methoxy groups -OCH3 is 1. The molecule has 0 N–H and O–H groups in total. The van der Waals surface area contributed by atoms with Crippen LogP contribution < -0.4 is 4.74 Å². The Morgan fingerprint density at radius 3 is 2.62 bits per heavy atom. The van der Waals surface area contributed by atoms with E-state index >= 15 is 0 Å². The van der Waals surface area contributed by atoms with Crippen molar-refractivity contribution in [2.75, 3.05) is 13.7 Å². The topological polar surface area (TPSA) is 21.8 Å². The molecule has 70 valence electrons. The second-order valence-electron chi connectivity index (χ2n) is 3.70. The fourth-order valence-electron chi connectivity index (χ4n) is 1.62. The summed E-state index contributed by atoms with van der Waals surface area (Å²) in [6.07, 6.45) is 0. The van der Waals surface area contributed by atoms with Gasteiger partial charge >= 0.3 is 0 Å². The Bertz CT molecular complexity index is 327. The predicted octanol–water partition coefficient (Wildman–Crippen LogP) is 2.25. The quantitative estimate of drug-likeness (QED) is 0.648. The fraction of sp³-hybridized carbons (Fsp3) is 0.455. The van der Waals surface area contributed by atoms with E-state index in [0.29, 0.717) is 0 Å². The van der Waals surface area contributed by atoms with E-state index < -0.39 is 0 Å². The molecule has 1 saturated heterocycles. The Balaban J connectivity index is 2.38. The summed E-state index contributed by atoms with van der Waals surface area (Å²) in [6, 6.07) is 6.11. The molecule has 0 bridgehead atoms. The lowest BCUT2D eigenvalue weighted by Gasteiger charge is -2.10. The van der Waals surface area contributed by atoms with Gasteiger partial charge in [0.2, 0.25) is 0 Å². The SMILES string of the molecule is COc1ccc(C2(C)CO2)c(C)c1. The summed E-state index contributed by atoms with van der Waals surface area (Å²) in [5, 5.41) is 0.